The largest absolute Gasteiger partial charge is 0.330 e. The summed E-state index contributed by atoms with van der Waals surface area (Å²) in [6.45, 7) is 0.388. The first-order chi connectivity index (χ1) is 8.94. The van der Waals surface area contributed by atoms with E-state index in [1.54, 1.807) is 0 Å². The Hall–Kier alpha value is -1.05. The lowest BCUT2D eigenvalue weighted by atomic mass is 10.1. The van der Waals surface area contributed by atoms with Crippen molar-refractivity contribution >= 4 is 10.0 Å². The molecule has 0 spiro atoms. The van der Waals surface area contributed by atoms with Gasteiger partial charge in [0.2, 0.25) is 10.0 Å². The van der Waals surface area contributed by atoms with Crippen molar-refractivity contribution in [2.45, 2.75) is 30.2 Å². The molecule has 1 saturated carbocycles. The van der Waals surface area contributed by atoms with Crippen LogP contribution < -0.4 is 10.5 Å². The first-order valence-electron chi connectivity index (χ1n) is 6.11. The Morgan fingerprint density at radius 3 is 2.68 bits per heavy atom. The van der Waals surface area contributed by atoms with E-state index in [0.29, 0.717) is 19.0 Å². The van der Waals surface area contributed by atoms with Gasteiger partial charge in [-0.15, -0.1) is 0 Å². The minimum absolute atomic E-state index is 0.0679. The van der Waals surface area contributed by atoms with E-state index in [-0.39, 0.29) is 12.0 Å². The van der Waals surface area contributed by atoms with Crippen molar-refractivity contribution in [1.29, 1.82) is 0 Å². The maximum Gasteiger partial charge on any atom is 0.243 e. The fourth-order valence-electron chi connectivity index (χ4n) is 2.43. The van der Waals surface area contributed by atoms with Crippen LogP contribution >= 0.6 is 0 Å². The Morgan fingerprint density at radius 2 is 2.05 bits per heavy atom. The summed E-state index contributed by atoms with van der Waals surface area (Å²) >= 11 is 0. The Morgan fingerprint density at radius 1 is 1.32 bits per heavy atom. The van der Waals surface area contributed by atoms with E-state index in [1.807, 2.05) is 0 Å². The first-order valence-corrected chi connectivity index (χ1v) is 7.60. The van der Waals surface area contributed by atoms with Gasteiger partial charge in [-0.25, -0.2) is 21.9 Å². The van der Waals surface area contributed by atoms with Crippen LogP contribution in [0.3, 0.4) is 0 Å². The third-order valence-electron chi connectivity index (χ3n) is 3.45. The molecule has 106 valence electrons. The van der Waals surface area contributed by atoms with Gasteiger partial charge in [0, 0.05) is 12.1 Å². The van der Waals surface area contributed by atoms with Crippen LogP contribution in [-0.4, -0.2) is 21.0 Å². The maximum atomic E-state index is 13.5. The van der Waals surface area contributed by atoms with Gasteiger partial charge < -0.3 is 5.73 Å². The van der Waals surface area contributed by atoms with Gasteiger partial charge in [-0.2, -0.15) is 0 Å². The molecule has 0 aromatic heterocycles. The molecular weight excluding hydrogens is 274 g/mol. The lowest BCUT2D eigenvalue weighted by molar-refractivity contribution is 0.450. The van der Waals surface area contributed by atoms with Crippen molar-refractivity contribution in [3.05, 3.63) is 29.8 Å². The van der Waals surface area contributed by atoms with Crippen molar-refractivity contribution in [3.8, 4) is 0 Å². The SMILES string of the molecule is NC[C@@H]1CCC[C@H]1NS(=O)(=O)c1ccc(F)cc1F. The molecule has 0 aliphatic heterocycles. The second kappa shape index (κ2) is 5.52. The normalized spacial score (nSPS) is 23.7. The molecule has 1 aromatic rings. The average Bonchev–Trinajstić information content (AvgIpc) is 2.74. The fraction of sp³-hybridized carbons (Fsp3) is 0.500. The molecule has 4 nitrogen and oxygen atoms in total. The molecule has 0 unspecified atom stereocenters. The average molecular weight is 290 g/mol. The van der Waals surface area contributed by atoms with E-state index in [9.17, 15) is 17.2 Å². The Bertz CT molecular complexity index is 563. The van der Waals surface area contributed by atoms with E-state index in [0.717, 1.165) is 25.0 Å². The van der Waals surface area contributed by atoms with E-state index in [2.05, 4.69) is 4.72 Å². The van der Waals surface area contributed by atoms with Crippen LogP contribution in [0, 0.1) is 17.6 Å². The van der Waals surface area contributed by atoms with Gasteiger partial charge >= 0.3 is 0 Å². The van der Waals surface area contributed by atoms with Gasteiger partial charge in [0.25, 0.3) is 0 Å². The van der Waals surface area contributed by atoms with Crippen LogP contribution in [0.2, 0.25) is 0 Å². The van der Waals surface area contributed by atoms with Crippen molar-refractivity contribution in [2.75, 3.05) is 6.54 Å². The third-order valence-corrected chi connectivity index (χ3v) is 4.97. The number of hydrogen-bond acceptors (Lipinski definition) is 3. The number of sulfonamides is 1. The van der Waals surface area contributed by atoms with E-state index in [1.165, 1.54) is 0 Å². The summed E-state index contributed by atoms with van der Waals surface area (Å²) in [5.41, 5.74) is 5.57. The standard InChI is InChI=1S/C12H16F2N2O2S/c13-9-4-5-12(10(14)6-9)19(17,18)16-11-3-1-2-8(11)7-15/h4-6,8,11,16H,1-3,7,15H2/t8-,11+/m0/s1. The van der Waals surface area contributed by atoms with Gasteiger partial charge in [0.15, 0.2) is 0 Å². The summed E-state index contributed by atoms with van der Waals surface area (Å²) in [6.07, 6.45) is 2.43. The monoisotopic (exact) mass is 290 g/mol. The van der Waals surface area contributed by atoms with Crippen LogP contribution in [0.15, 0.2) is 23.1 Å². The number of rotatable bonds is 4. The predicted molar refractivity (Wildman–Crippen MR) is 66.9 cm³/mol. The van der Waals surface area contributed by atoms with Crippen molar-refractivity contribution in [2.24, 2.45) is 11.7 Å². The molecule has 1 aliphatic rings. The molecule has 0 radical (unpaired) electrons. The second-order valence-electron chi connectivity index (χ2n) is 4.73. The highest BCUT2D eigenvalue weighted by molar-refractivity contribution is 7.89. The number of nitrogens with one attached hydrogen (secondary N) is 1. The lowest BCUT2D eigenvalue weighted by Gasteiger charge is -2.19. The number of halogens is 2. The molecule has 3 N–H and O–H groups in total. The molecular formula is C12H16F2N2O2S. The predicted octanol–water partition coefficient (Wildman–Crippen LogP) is 1.37. The summed E-state index contributed by atoms with van der Waals surface area (Å²) < 4.78 is 52.9. The molecule has 7 heteroatoms. The summed E-state index contributed by atoms with van der Waals surface area (Å²) in [5, 5.41) is 0. The fourth-order valence-corrected chi connectivity index (χ4v) is 3.83. The molecule has 19 heavy (non-hydrogen) atoms. The summed E-state index contributed by atoms with van der Waals surface area (Å²) in [4.78, 5) is -0.531. The second-order valence-corrected chi connectivity index (χ2v) is 6.41. The van der Waals surface area contributed by atoms with Crippen LogP contribution in [0.5, 0.6) is 0 Å². The third kappa shape index (κ3) is 3.10. The molecule has 0 heterocycles. The minimum atomic E-state index is -3.98. The molecule has 0 saturated heterocycles. The lowest BCUT2D eigenvalue weighted by Crippen LogP contribution is -2.40. The Balaban J connectivity index is 2.23. The zero-order valence-corrected chi connectivity index (χ0v) is 11.1. The van der Waals surface area contributed by atoms with Gasteiger partial charge in [-0.1, -0.05) is 6.42 Å². The Kier molecular flexibility index (Phi) is 4.17. The van der Waals surface area contributed by atoms with Gasteiger partial charge in [-0.05, 0) is 37.4 Å². The molecule has 2 atom stereocenters. The molecule has 1 aliphatic carbocycles. The summed E-state index contributed by atoms with van der Waals surface area (Å²) in [5.74, 6) is -1.83. The highest BCUT2D eigenvalue weighted by Gasteiger charge is 2.31. The maximum absolute atomic E-state index is 13.5. The molecule has 1 fully saturated rings. The number of benzene rings is 1. The van der Waals surface area contributed by atoms with Crippen LogP contribution in [0.25, 0.3) is 0 Å². The van der Waals surface area contributed by atoms with Gasteiger partial charge in [0.05, 0.1) is 0 Å². The van der Waals surface area contributed by atoms with Crippen LogP contribution in [0.1, 0.15) is 19.3 Å². The van der Waals surface area contributed by atoms with Crippen LogP contribution in [-0.2, 0) is 10.0 Å². The van der Waals surface area contributed by atoms with E-state index < -0.39 is 26.6 Å². The summed E-state index contributed by atoms with van der Waals surface area (Å²) in [7, 11) is -3.98. The van der Waals surface area contributed by atoms with Crippen molar-refractivity contribution in [3.63, 3.8) is 0 Å². The number of hydrogen-bond donors (Lipinski definition) is 2. The summed E-state index contributed by atoms with van der Waals surface area (Å²) in [6, 6.07) is 2.13. The van der Waals surface area contributed by atoms with E-state index >= 15 is 0 Å². The molecule has 1 aromatic carbocycles. The van der Waals surface area contributed by atoms with Crippen molar-refractivity contribution < 1.29 is 17.2 Å². The highest BCUT2D eigenvalue weighted by atomic mass is 32.2. The minimum Gasteiger partial charge on any atom is -0.330 e. The van der Waals surface area contributed by atoms with Crippen LogP contribution in [0.4, 0.5) is 8.78 Å². The smallest absolute Gasteiger partial charge is 0.243 e. The molecule has 2 rings (SSSR count). The number of nitrogens with two attached hydrogens (primary N) is 1. The molecule has 0 bridgehead atoms. The Labute approximate surface area is 111 Å². The first kappa shape index (κ1) is 14.4. The topological polar surface area (TPSA) is 72.2 Å². The zero-order valence-electron chi connectivity index (χ0n) is 10.3. The van der Waals surface area contributed by atoms with Gasteiger partial charge in [-0.3, -0.25) is 0 Å². The quantitative estimate of drug-likeness (QED) is 0.879. The zero-order chi connectivity index (χ0) is 14.0. The molecule has 0 amide bonds. The van der Waals surface area contributed by atoms with Gasteiger partial charge in [0.1, 0.15) is 16.5 Å². The van der Waals surface area contributed by atoms with E-state index in [4.69, 9.17) is 5.73 Å². The highest BCUT2D eigenvalue weighted by Crippen LogP contribution is 2.26. The van der Waals surface area contributed by atoms with Crippen molar-refractivity contribution in [1.82, 2.24) is 4.72 Å².